The number of carboxylic acid groups (broad SMARTS) is 1. The predicted octanol–water partition coefficient (Wildman–Crippen LogP) is 0.424. The maximum absolute atomic E-state index is 10.4. The van der Waals surface area contributed by atoms with Crippen molar-refractivity contribution in [2.75, 3.05) is 0 Å². The Morgan fingerprint density at radius 2 is 2.09 bits per heavy atom. The van der Waals surface area contributed by atoms with E-state index >= 15 is 0 Å². The van der Waals surface area contributed by atoms with E-state index in [1.54, 1.807) is 6.92 Å². The molecule has 0 unspecified atom stereocenters. The van der Waals surface area contributed by atoms with Gasteiger partial charge in [-0.25, -0.2) is 9.59 Å². The molecule has 2 N–H and O–H groups in total. The minimum atomic E-state index is -1.41. The Balaban J connectivity index is 4.48. The average Bonchev–Trinajstić information content (AvgIpc) is 1.98. The topological polar surface area (TPSA) is 83.8 Å². The smallest absolute Gasteiger partial charge is 0.379 e. The van der Waals surface area contributed by atoms with Gasteiger partial charge in [0.05, 0.1) is 0 Å². The van der Waals surface area contributed by atoms with Crippen LogP contribution < -0.4 is 0 Å². The third-order valence-corrected chi connectivity index (χ3v) is 0.941. The van der Waals surface area contributed by atoms with Crippen molar-refractivity contribution in [1.29, 1.82) is 0 Å². The van der Waals surface area contributed by atoms with Gasteiger partial charge < -0.3 is 5.11 Å². The van der Waals surface area contributed by atoms with Gasteiger partial charge in [0.1, 0.15) is 5.57 Å². The lowest BCUT2D eigenvalue weighted by molar-refractivity contribution is -0.229. The third-order valence-electron chi connectivity index (χ3n) is 0.941. The average molecular weight is 160 g/mol. The normalized spacial score (nSPS) is 10.9. The van der Waals surface area contributed by atoms with Crippen LogP contribution in [0.15, 0.2) is 11.6 Å². The molecule has 0 radical (unpaired) electrons. The highest BCUT2D eigenvalue weighted by Gasteiger charge is 2.17. The van der Waals surface area contributed by atoms with Gasteiger partial charge in [0.15, 0.2) is 0 Å². The first kappa shape index (κ1) is 9.64. The molecule has 0 saturated carbocycles. The van der Waals surface area contributed by atoms with Crippen LogP contribution in [0, 0.1) is 0 Å². The fourth-order valence-electron chi connectivity index (χ4n) is 0.511. The zero-order chi connectivity index (χ0) is 8.85. The van der Waals surface area contributed by atoms with Crippen molar-refractivity contribution in [3.05, 3.63) is 11.6 Å². The summed E-state index contributed by atoms with van der Waals surface area (Å²) in [5, 5.41) is 16.2. The zero-order valence-corrected chi connectivity index (χ0v) is 5.90. The van der Waals surface area contributed by atoms with Crippen LogP contribution >= 0.6 is 0 Å². The molecule has 5 heteroatoms. The standard InChI is InChI=1S/C6H8O5/c1-2-3-4(5(7)8)6(9)11-10/h3,10H,2H2,1H3,(H,7,8). The largest absolute Gasteiger partial charge is 0.477 e. The van der Waals surface area contributed by atoms with Gasteiger partial charge >= 0.3 is 11.9 Å². The molecule has 0 rings (SSSR count). The number of hydrogen-bond acceptors (Lipinski definition) is 4. The number of carbonyl (C=O) groups is 2. The van der Waals surface area contributed by atoms with Crippen LogP contribution in [0.5, 0.6) is 0 Å². The summed E-state index contributed by atoms with van der Waals surface area (Å²) in [5.41, 5.74) is -0.560. The van der Waals surface area contributed by atoms with Gasteiger partial charge in [-0.05, 0) is 6.42 Å². The van der Waals surface area contributed by atoms with E-state index in [2.05, 4.69) is 4.89 Å². The molecule has 0 fully saturated rings. The molecule has 11 heavy (non-hydrogen) atoms. The Labute approximate surface area is 62.8 Å². The van der Waals surface area contributed by atoms with Crippen LogP contribution in [0.4, 0.5) is 0 Å². The zero-order valence-electron chi connectivity index (χ0n) is 5.90. The first-order chi connectivity index (χ1) is 5.13. The van der Waals surface area contributed by atoms with E-state index in [1.807, 2.05) is 0 Å². The van der Waals surface area contributed by atoms with Gasteiger partial charge in [-0.2, -0.15) is 5.26 Å². The maximum Gasteiger partial charge on any atom is 0.379 e. The van der Waals surface area contributed by atoms with E-state index < -0.39 is 17.5 Å². The molecule has 0 aliphatic rings. The highest BCUT2D eigenvalue weighted by molar-refractivity contribution is 6.12. The lowest BCUT2D eigenvalue weighted by Gasteiger charge is -1.95. The summed E-state index contributed by atoms with van der Waals surface area (Å²) >= 11 is 0. The van der Waals surface area contributed by atoms with Crippen LogP contribution in [0.25, 0.3) is 0 Å². The summed E-state index contributed by atoms with van der Waals surface area (Å²) in [7, 11) is 0. The number of carbonyl (C=O) groups excluding carboxylic acids is 1. The van der Waals surface area contributed by atoms with Crippen molar-refractivity contribution in [2.45, 2.75) is 13.3 Å². The molecule has 0 heterocycles. The van der Waals surface area contributed by atoms with Crippen molar-refractivity contribution in [3.63, 3.8) is 0 Å². The molecule has 0 aromatic rings. The first-order valence-corrected chi connectivity index (χ1v) is 2.92. The SMILES string of the molecule is CCC=C(C(=O)O)C(=O)OO. The number of hydrogen-bond donors (Lipinski definition) is 2. The van der Waals surface area contributed by atoms with Crippen LogP contribution in [0.1, 0.15) is 13.3 Å². The lowest BCUT2D eigenvalue weighted by Crippen LogP contribution is -2.13. The van der Waals surface area contributed by atoms with Gasteiger partial charge in [0, 0.05) is 0 Å². The van der Waals surface area contributed by atoms with Crippen LogP contribution in [0.3, 0.4) is 0 Å². The highest BCUT2D eigenvalue weighted by atomic mass is 17.1. The minimum absolute atomic E-state index is 0.386. The number of rotatable bonds is 3. The second kappa shape index (κ2) is 4.45. The minimum Gasteiger partial charge on any atom is -0.477 e. The summed E-state index contributed by atoms with van der Waals surface area (Å²) in [6.45, 7) is 1.66. The second-order valence-corrected chi connectivity index (χ2v) is 1.71. The maximum atomic E-state index is 10.4. The molecule has 5 nitrogen and oxygen atoms in total. The van der Waals surface area contributed by atoms with Crippen molar-refractivity contribution in [3.8, 4) is 0 Å². The Morgan fingerprint density at radius 1 is 1.55 bits per heavy atom. The van der Waals surface area contributed by atoms with Crippen molar-refractivity contribution >= 4 is 11.9 Å². The Bertz CT molecular complexity index is 193. The molecule has 0 saturated heterocycles. The molecular formula is C6H8O5. The van der Waals surface area contributed by atoms with Crippen LogP contribution in [0.2, 0.25) is 0 Å². The summed E-state index contributed by atoms with van der Waals surface area (Å²) in [5.74, 6) is -2.66. The van der Waals surface area contributed by atoms with E-state index in [9.17, 15) is 9.59 Å². The van der Waals surface area contributed by atoms with Crippen LogP contribution in [-0.2, 0) is 14.5 Å². The van der Waals surface area contributed by atoms with Gasteiger partial charge in [-0.15, -0.1) is 0 Å². The molecule has 62 valence electrons. The second-order valence-electron chi connectivity index (χ2n) is 1.71. The Hall–Kier alpha value is -1.36. The predicted molar refractivity (Wildman–Crippen MR) is 34.7 cm³/mol. The lowest BCUT2D eigenvalue weighted by atomic mass is 10.2. The molecule has 0 amide bonds. The monoisotopic (exact) mass is 160 g/mol. The van der Waals surface area contributed by atoms with Gasteiger partial charge in [0.2, 0.25) is 0 Å². The van der Waals surface area contributed by atoms with Crippen molar-refractivity contribution in [2.24, 2.45) is 0 Å². The quantitative estimate of drug-likeness (QED) is 0.205. The van der Waals surface area contributed by atoms with E-state index in [4.69, 9.17) is 10.4 Å². The van der Waals surface area contributed by atoms with Gasteiger partial charge in [-0.3, -0.25) is 4.89 Å². The van der Waals surface area contributed by atoms with E-state index in [0.717, 1.165) is 6.08 Å². The molecule has 0 bridgehead atoms. The Morgan fingerprint density at radius 3 is 2.36 bits per heavy atom. The summed E-state index contributed by atoms with van der Waals surface area (Å²) in [6.07, 6.45) is 1.54. The van der Waals surface area contributed by atoms with E-state index in [0.29, 0.717) is 6.42 Å². The molecule has 0 aliphatic carbocycles. The molecule has 0 aromatic heterocycles. The number of aliphatic carboxylic acids is 1. The number of carboxylic acids is 1. The summed E-state index contributed by atoms with van der Waals surface area (Å²) < 4.78 is 0. The van der Waals surface area contributed by atoms with Gasteiger partial charge in [-0.1, -0.05) is 13.0 Å². The molecule has 0 aliphatic heterocycles. The van der Waals surface area contributed by atoms with E-state index in [-0.39, 0.29) is 0 Å². The first-order valence-electron chi connectivity index (χ1n) is 2.92. The molecular weight excluding hydrogens is 152 g/mol. The third kappa shape index (κ3) is 2.81. The van der Waals surface area contributed by atoms with Gasteiger partial charge in [0.25, 0.3) is 0 Å². The van der Waals surface area contributed by atoms with Crippen molar-refractivity contribution < 1.29 is 24.8 Å². The summed E-state index contributed by atoms with van der Waals surface area (Å²) in [4.78, 5) is 23.9. The van der Waals surface area contributed by atoms with Crippen molar-refractivity contribution in [1.82, 2.24) is 0 Å². The van der Waals surface area contributed by atoms with Crippen LogP contribution in [-0.4, -0.2) is 22.3 Å². The van der Waals surface area contributed by atoms with E-state index in [1.165, 1.54) is 0 Å². The summed E-state index contributed by atoms with van der Waals surface area (Å²) in [6, 6.07) is 0. The fourth-order valence-corrected chi connectivity index (χ4v) is 0.511. The highest BCUT2D eigenvalue weighted by Crippen LogP contribution is 1.98. The Kier molecular flexibility index (Phi) is 3.90. The molecule has 0 atom stereocenters. The number of allylic oxidation sites excluding steroid dienone is 1. The molecule has 0 spiro atoms. The molecule has 0 aromatic carbocycles. The fraction of sp³-hybridized carbons (Fsp3) is 0.333.